The third kappa shape index (κ3) is 8.92. The summed E-state index contributed by atoms with van der Waals surface area (Å²) in [4.78, 5) is 35.2. The van der Waals surface area contributed by atoms with Gasteiger partial charge in [0.15, 0.2) is 12.8 Å². The summed E-state index contributed by atoms with van der Waals surface area (Å²) in [5.41, 5.74) is 0. The first kappa shape index (κ1) is 26.3. The fraction of sp³-hybridized carbons (Fsp3) is 0.250. The van der Waals surface area contributed by atoms with E-state index in [1.807, 2.05) is 0 Å². The summed E-state index contributed by atoms with van der Waals surface area (Å²) >= 11 is 0. The maximum Gasteiger partial charge on any atom is 0.505 e. The van der Waals surface area contributed by atoms with Crippen molar-refractivity contribution in [1.29, 1.82) is 0 Å². The maximum atomic E-state index is 11.8. The zero-order chi connectivity index (χ0) is 21.5. The van der Waals surface area contributed by atoms with Gasteiger partial charge in [-0.05, 0) is 24.3 Å². The molecule has 6 nitrogen and oxygen atoms in total. The van der Waals surface area contributed by atoms with E-state index in [2.05, 4.69) is 8.83 Å². The minimum atomic E-state index is -4.82. The average molecular weight is 471 g/mol. The van der Waals surface area contributed by atoms with E-state index in [4.69, 9.17) is 19.2 Å². The molecule has 29 heavy (non-hydrogen) atoms. The van der Waals surface area contributed by atoms with Crippen LogP contribution in [0.15, 0.2) is 45.6 Å². The summed E-state index contributed by atoms with van der Waals surface area (Å²) in [6.45, 7) is 0. The van der Waals surface area contributed by atoms with Gasteiger partial charge in [-0.2, -0.15) is 26.3 Å². The second-order valence-corrected chi connectivity index (χ2v) is 5.09. The molecule has 13 heteroatoms. The monoisotopic (exact) mass is 471 g/mol. The van der Waals surface area contributed by atoms with E-state index >= 15 is 0 Å². The van der Waals surface area contributed by atoms with Crippen LogP contribution in [0, 0.1) is 0 Å². The first-order valence-corrected chi connectivity index (χ1v) is 7.23. The van der Waals surface area contributed by atoms with Crippen molar-refractivity contribution in [2.24, 2.45) is 0 Å². The number of hydrogen-bond acceptors (Lipinski definition) is 2. The number of ketones is 4. The summed E-state index contributed by atoms with van der Waals surface area (Å²) in [5.74, 6) is -5.03. The zero-order valence-corrected chi connectivity index (χ0v) is 15.3. The molecule has 2 aromatic heterocycles. The molecular weight excluding hydrogens is 457 g/mol. The van der Waals surface area contributed by atoms with Gasteiger partial charge in [-0.3, -0.25) is 19.2 Å². The van der Waals surface area contributed by atoms with Gasteiger partial charge < -0.3 is 8.83 Å². The number of hydrogen-bond donors (Lipinski definition) is 0. The van der Waals surface area contributed by atoms with Gasteiger partial charge in [0.1, 0.15) is 0 Å². The van der Waals surface area contributed by atoms with Crippen LogP contribution in [-0.2, 0) is 17.1 Å². The van der Waals surface area contributed by atoms with Crippen LogP contribution in [0.25, 0.3) is 0 Å². The average Bonchev–Trinajstić information content (AvgIpc) is 3.27. The fourth-order valence-electron chi connectivity index (χ4n) is 1.58. The van der Waals surface area contributed by atoms with Crippen LogP contribution < -0.4 is 0 Å². The molecule has 1 radical (unpaired) electrons. The molecule has 0 saturated heterocycles. The second kappa shape index (κ2) is 10.8. The zero-order valence-electron chi connectivity index (χ0n) is 14.1. The second-order valence-electron chi connectivity index (χ2n) is 5.09. The molecule has 0 aliphatic heterocycles. The third-order valence-corrected chi connectivity index (χ3v) is 2.94. The van der Waals surface area contributed by atoms with E-state index in [-0.39, 0.29) is 28.6 Å². The quantitative estimate of drug-likeness (QED) is 0.212. The molecule has 4 N–H and O–H groups in total. The molecular formula is C16H14F6MnO6+4. The minimum Gasteiger partial charge on any atom is -0.456 e. The van der Waals surface area contributed by atoms with Crippen LogP contribution in [0.1, 0.15) is 24.4 Å². The summed E-state index contributed by atoms with van der Waals surface area (Å²) < 4.78 is 80.1. The molecule has 0 fully saturated rings. The molecule has 0 unspecified atom stereocenters. The van der Waals surface area contributed by atoms with Crippen LogP contribution in [0.4, 0.5) is 26.3 Å². The Balaban J connectivity index is 0.000000523. The number of halogens is 6. The Hall–Kier alpha value is -2.66. The van der Waals surface area contributed by atoms with Gasteiger partial charge >= 0.3 is 35.5 Å². The summed E-state index contributed by atoms with van der Waals surface area (Å²) in [5, 5.41) is 0. The van der Waals surface area contributed by atoms with Crippen LogP contribution in [0.5, 0.6) is 0 Å². The van der Waals surface area contributed by atoms with Crippen LogP contribution in [0.3, 0.4) is 0 Å². The molecule has 2 heterocycles. The van der Waals surface area contributed by atoms with Gasteiger partial charge in [0, 0.05) is 17.1 Å². The number of alkyl halides is 6. The number of furan rings is 2. The van der Waals surface area contributed by atoms with Crippen molar-refractivity contribution in [3.05, 3.63) is 48.3 Å². The van der Waals surface area contributed by atoms with E-state index in [0.29, 0.717) is 0 Å². The Morgan fingerprint density at radius 2 is 1.00 bits per heavy atom. The first-order valence-electron chi connectivity index (χ1n) is 7.23. The summed E-state index contributed by atoms with van der Waals surface area (Å²) in [6, 6.07) is 5.41. The van der Waals surface area contributed by atoms with Crippen LogP contribution in [0.2, 0.25) is 0 Å². The van der Waals surface area contributed by atoms with E-state index in [1.54, 1.807) is 0 Å². The molecule has 0 bridgehead atoms. The van der Waals surface area contributed by atoms with Crippen LogP contribution >= 0.6 is 0 Å². The smallest absolute Gasteiger partial charge is 0.456 e. The van der Waals surface area contributed by atoms with Crippen molar-refractivity contribution >= 4 is 23.1 Å². The molecule has 0 spiro atoms. The predicted octanol–water partition coefficient (Wildman–Crippen LogP) is 3.34. The van der Waals surface area contributed by atoms with Crippen LogP contribution in [-0.4, -0.2) is 54.7 Å². The molecule has 0 aliphatic carbocycles. The largest absolute Gasteiger partial charge is 0.505 e. The molecule has 2 aromatic rings. The van der Waals surface area contributed by atoms with Gasteiger partial charge in [-0.1, -0.05) is 0 Å². The van der Waals surface area contributed by atoms with Crippen molar-refractivity contribution in [2.75, 3.05) is 0 Å². The first-order chi connectivity index (χ1) is 12.8. The Bertz CT molecular complexity index is 751. The van der Waals surface area contributed by atoms with E-state index < -0.39 is 48.3 Å². The van der Waals surface area contributed by atoms with Gasteiger partial charge in [0.05, 0.1) is 12.5 Å². The van der Waals surface area contributed by atoms with Gasteiger partial charge in [0.2, 0.25) is 11.5 Å². The number of rotatable bonds is 6. The van der Waals surface area contributed by atoms with E-state index in [0.717, 1.165) is 0 Å². The fourth-order valence-corrected chi connectivity index (χ4v) is 1.58. The predicted molar refractivity (Wildman–Crippen MR) is 84.7 cm³/mol. The molecule has 0 aliphatic rings. The van der Waals surface area contributed by atoms with Crippen molar-refractivity contribution in [1.82, 2.24) is 0 Å². The Labute approximate surface area is 168 Å². The SMILES string of the molecule is [Mn].[OH+]=C(CC(=[OH+])C(F)(F)F)c1ccco1.[OH+]=C(CC(=[OH+])C(F)(F)F)c1ccco1. The van der Waals surface area contributed by atoms with Crippen molar-refractivity contribution < 1.29 is 71.4 Å². The molecule has 0 amide bonds. The van der Waals surface area contributed by atoms with E-state index in [9.17, 15) is 26.3 Å². The standard InChI is InChI=1S/2C8H5F3O3.Mn/c2*9-8(10,11)7(13)4-5(12)6-2-1-3-14-6;/h2*1-3H,4H2;/p+4. The van der Waals surface area contributed by atoms with Crippen molar-refractivity contribution in [3.8, 4) is 0 Å². The molecule has 0 aromatic carbocycles. The Morgan fingerprint density at radius 3 is 1.21 bits per heavy atom. The molecule has 159 valence electrons. The van der Waals surface area contributed by atoms with Gasteiger partial charge in [-0.15, -0.1) is 0 Å². The summed E-state index contributed by atoms with van der Waals surface area (Å²) in [6.07, 6.45) is -9.21. The molecule has 0 atom stereocenters. The maximum absolute atomic E-state index is 11.8. The molecule has 2 rings (SSSR count). The van der Waals surface area contributed by atoms with Crippen molar-refractivity contribution in [3.63, 3.8) is 0 Å². The summed E-state index contributed by atoms with van der Waals surface area (Å²) in [7, 11) is 0. The van der Waals surface area contributed by atoms with E-state index in [1.165, 1.54) is 36.8 Å². The third-order valence-electron chi connectivity index (χ3n) is 2.94. The Kier molecular flexibility index (Phi) is 9.78. The Morgan fingerprint density at radius 1 is 0.690 bits per heavy atom. The van der Waals surface area contributed by atoms with Gasteiger partial charge in [-0.25, -0.2) is 0 Å². The normalized spacial score (nSPS) is 11.0. The topological polar surface area (TPSA) is 112 Å². The van der Waals surface area contributed by atoms with Crippen molar-refractivity contribution in [2.45, 2.75) is 25.2 Å². The molecule has 0 saturated carbocycles. The minimum absolute atomic E-state index is 0. The van der Waals surface area contributed by atoms with Gasteiger partial charge in [0.25, 0.3) is 0 Å². The number of carbonyl (C=O) groups excluding carboxylic acids is 4.